The number of phenolic OH excluding ortho intramolecular Hbond substituents is 1. The summed E-state index contributed by atoms with van der Waals surface area (Å²) in [6, 6.07) is 7.43. The molecular formula is C18H25NO. The predicted octanol–water partition coefficient (Wildman–Crippen LogP) is 4.03. The van der Waals surface area contributed by atoms with Crippen LogP contribution in [-0.2, 0) is 6.42 Å². The third kappa shape index (κ3) is 2.05. The van der Waals surface area contributed by atoms with Gasteiger partial charge in [-0.25, -0.2) is 0 Å². The number of likely N-dealkylation sites (tertiary alicyclic amines) is 1. The van der Waals surface area contributed by atoms with Gasteiger partial charge in [0.15, 0.2) is 0 Å². The van der Waals surface area contributed by atoms with Gasteiger partial charge in [0.25, 0.3) is 0 Å². The minimum atomic E-state index is 0.440. The van der Waals surface area contributed by atoms with Crippen molar-refractivity contribution in [3.63, 3.8) is 0 Å². The van der Waals surface area contributed by atoms with Crippen LogP contribution in [0.15, 0.2) is 18.2 Å². The number of nitrogens with zero attached hydrogens (tertiary/aromatic N) is 1. The fourth-order valence-corrected chi connectivity index (χ4v) is 4.99. The van der Waals surface area contributed by atoms with Gasteiger partial charge in [-0.3, -0.25) is 4.90 Å². The molecule has 0 amide bonds. The summed E-state index contributed by atoms with van der Waals surface area (Å²) >= 11 is 0. The zero-order valence-electron chi connectivity index (χ0n) is 12.2. The lowest BCUT2D eigenvalue weighted by atomic mass is 9.83. The Morgan fingerprint density at radius 1 is 1.00 bits per heavy atom. The number of hydrogen-bond donors (Lipinski definition) is 1. The molecule has 0 aromatic heterocycles. The van der Waals surface area contributed by atoms with Crippen LogP contribution in [0.3, 0.4) is 0 Å². The first kappa shape index (κ1) is 12.7. The highest BCUT2D eigenvalue weighted by Gasteiger charge is 2.39. The van der Waals surface area contributed by atoms with Crippen LogP contribution in [0.5, 0.6) is 5.75 Å². The Labute approximate surface area is 121 Å². The molecule has 1 aromatic carbocycles. The molecule has 0 spiro atoms. The zero-order chi connectivity index (χ0) is 13.5. The van der Waals surface area contributed by atoms with Crippen LogP contribution >= 0.6 is 0 Å². The van der Waals surface area contributed by atoms with Crippen LogP contribution < -0.4 is 0 Å². The molecule has 2 nitrogen and oxygen atoms in total. The molecule has 1 aromatic rings. The van der Waals surface area contributed by atoms with Gasteiger partial charge < -0.3 is 5.11 Å². The van der Waals surface area contributed by atoms with Crippen LogP contribution in [0.1, 0.15) is 62.1 Å². The number of benzene rings is 1. The fourth-order valence-electron chi connectivity index (χ4n) is 4.99. The van der Waals surface area contributed by atoms with E-state index in [-0.39, 0.29) is 0 Å². The minimum Gasteiger partial charge on any atom is -0.508 e. The standard InChI is InChI=1S/C18H25NO/c20-15-10-9-13-4-1-8-18(16(13)12-15)19-11-3-6-14-5-2-7-17(14)19/h9-10,12,14,17-18,20H,1-8,11H2. The van der Waals surface area contributed by atoms with E-state index < -0.39 is 0 Å². The molecule has 0 radical (unpaired) electrons. The smallest absolute Gasteiger partial charge is 0.115 e. The van der Waals surface area contributed by atoms with Crippen molar-refractivity contribution in [3.05, 3.63) is 29.3 Å². The molecule has 20 heavy (non-hydrogen) atoms. The van der Waals surface area contributed by atoms with Crippen molar-refractivity contribution in [1.82, 2.24) is 4.90 Å². The Kier molecular flexibility index (Phi) is 3.22. The highest BCUT2D eigenvalue weighted by Crippen LogP contribution is 2.44. The molecule has 2 fully saturated rings. The summed E-state index contributed by atoms with van der Waals surface area (Å²) in [6.45, 7) is 1.26. The van der Waals surface area contributed by atoms with E-state index in [1.165, 1.54) is 69.0 Å². The Bertz CT molecular complexity index is 498. The van der Waals surface area contributed by atoms with Gasteiger partial charge in [0.05, 0.1) is 0 Å². The van der Waals surface area contributed by atoms with Gasteiger partial charge in [-0.15, -0.1) is 0 Å². The zero-order valence-corrected chi connectivity index (χ0v) is 12.2. The van der Waals surface area contributed by atoms with Gasteiger partial charge in [0.1, 0.15) is 5.75 Å². The Hall–Kier alpha value is -1.02. The lowest BCUT2D eigenvalue weighted by Crippen LogP contribution is -2.45. The van der Waals surface area contributed by atoms with Crippen molar-refractivity contribution in [3.8, 4) is 5.75 Å². The van der Waals surface area contributed by atoms with Gasteiger partial charge in [0.2, 0.25) is 0 Å². The average molecular weight is 271 g/mol. The molecule has 3 atom stereocenters. The minimum absolute atomic E-state index is 0.440. The largest absolute Gasteiger partial charge is 0.508 e. The SMILES string of the molecule is Oc1ccc2c(c1)C(N1CCCC3CCCC31)CCC2. The normalized spacial score (nSPS) is 33.7. The fraction of sp³-hybridized carbons (Fsp3) is 0.667. The monoisotopic (exact) mass is 271 g/mol. The lowest BCUT2D eigenvalue weighted by molar-refractivity contribution is 0.0585. The van der Waals surface area contributed by atoms with E-state index in [1.54, 1.807) is 0 Å². The first-order valence-electron chi connectivity index (χ1n) is 8.40. The van der Waals surface area contributed by atoms with Crippen molar-refractivity contribution in [2.24, 2.45) is 5.92 Å². The average Bonchev–Trinajstić information content (AvgIpc) is 2.95. The molecule has 2 aliphatic carbocycles. The summed E-state index contributed by atoms with van der Waals surface area (Å²) in [5.41, 5.74) is 2.89. The Balaban J connectivity index is 1.67. The highest BCUT2D eigenvalue weighted by molar-refractivity contribution is 5.38. The molecule has 1 saturated carbocycles. The van der Waals surface area contributed by atoms with E-state index >= 15 is 0 Å². The van der Waals surface area contributed by atoms with E-state index in [2.05, 4.69) is 11.0 Å². The van der Waals surface area contributed by atoms with E-state index in [4.69, 9.17) is 0 Å². The molecule has 108 valence electrons. The number of hydrogen-bond acceptors (Lipinski definition) is 2. The quantitative estimate of drug-likeness (QED) is 0.833. The number of fused-ring (bicyclic) bond motifs is 2. The summed E-state index contributed by atoms with van der Waals surface area (Å²) in [6.07, 6.45) is 10.8. The second kappa shape index (κ2) is 5.07. The summed E-state index contributed by atoms with van der Waals surface area (Å²) in [5.74, 6) is 1.39. The Morgan fingerprint density at radius 3 is 2.85 bits per heavy atom. The molecule has 1 aliphatic heterocycles. The molecule has 3 aliphatic rings. The van der Waals surface area contributed by atoms with Crippen molar-refractivity contribution in [2.75, 3.05) is 6.54 Å². The molecule has 0 bridgehead atoms. The molecule has 1 heterocycles. The molecule has 2 heteroatoms. The number of phenols is 1. The number of aromatic hydroxyl groups is 1. The second-order valence-electron chi connectivity index (χ2n) is 6.93. The van der Waals surface area contributed by atoms with Crippen LogP contribution in [0.25, 0.3) is 0 Å². The molecule has 4 rings (SSSR count). The maximum absolute atomic E-state index is 9.87. The van der Waals surface area contributed by atoms with Crippen molar-refractivity contribution in [1.29, 1.82) is 0 Å². The van der Waals surface area contributed by atoms with Crippen LogP contribution in [0.4, 0.5) is 0 Å². The van der Waals surface area contributed by atoms with Crippen molar-refractivity contribution >= 4 is 0 Å². The van der Waals surface area contributed by atoms with Gasteiger partial charge >= 0.3 is 0 Å². The predicted molar refractivity (Wildman–Crippen MR) is 80.9 cm³/mol. The maximum atomic E-state index is 9.87. The van der Waals surface area contributed by atoms with E-state index in [0.717, 1.165) is 12.0 Å². The van der Waals surface area contributed by atoms with Crippen molar-refractivity contribution in [2.45, 2.75) is 63.5 Å². The third-order valence-corrected chi connectivity index (χ3v) is 5.85. The third-order valence-electron chi connectivity index (χ3n) is 5.85. The maximum Gasteiger partial charge on any atom is 0.115 e. The van der Waals surface area contributed by atoms with E-state index in [9.17, 15) is 5.11 Å². The van der Waals surface area contributed by atoms with Gasteiger partial charge in [-0.2, -0.15) is 0 Å². The summed E-state index contributed by atoms with van der Waals surface area (Å²) in [7, 11) is 0. The summed E-state index contributed by atoms with van der Waals surface area (Å²) in [4.78, 5) is 2.80. The number of rotatable bonds is 1. The Morgan fingerprint density at radius 2 is 1.90 bits per heavy atom. The lowest BCUT2D eigenvalue weighted by Gasteiger charge is -2.45. The van der Waals surface area contributed by atoms with Crippen molar-refractivity contribution < 1.29 is 5.11 Å². The molecule has 3 unspecified atom stereocenters. The number of piperidine rings is 1. The molecular weight excluding hydrogens is 246 g/mol. The van der Waals surface area contributed by atoms with E-state index in [0.29, 0.717) is 11.8 Å². The van der Waals surface area contributed by atoms with Crippen LogP contribution in [-0.4, -0.2) is 22.6 Å². The van der Waals surface area contributed by atoms with Crippen LogP contribution in [0.2, 0.25) is 0 Å². The van der Waals surface area contributed by atoms with Gasteiger partial charge in [-0.1, -0.05) is 12.5 Å². The molecule has 1 saturated heterocycles. The number of aryl methyl sites for hydroxylation is 1. The summed E-state index contributed by atoms with van der Waals surface area (Å²) < 4.78 is 0. The van der Waals surface area contributed by atoms with Gasteiger partial charge in [0, 0.05) is 12.1 Å². The summed E-state index contributed by atoms with van der Waals surface area (Å²) in [5, 5.41) is 9.87. The first-order chi connectivity index (χ1) is 9.83. The van der Waals surface area contributed by atoms with Gasteiger partial charge in [-0.05, 0) is 80.7 Å². The van der Waals surface area contributed by atoms with E-state index in [1.807, 2.05) is 12.1 Å². The first-order valence-corrected chi connectivity index (χ1v) is 8.40. The second-order valence-corrected chi connectivity index (χ2v) is 6.93. The topological polar surface area (TPSA) is 23.5 Å². The highest BCUT2D eigenvalue weighted by atomic mass is 16.3. The molecule has 1 N–H and O–H groups in total. The van der Waals surface area contributed by atoms with Crippen LogP contribution in [0, 0.1) is 5.92 Å².